The lowest BCUT2D eigenvalue weighted by Crippen LogP contribution is -1.94. The van der Waals surface area contributed by atoms with Crippen LogP contribution in [0.25, 0.3) is 10.9 Å². The van der Waals surface area contributed by atoms with Gasteiger partial charge in [0.25, 0.3) is 0 Å². The minimum atomic E-state index is -0.321. The molecule has 4 heteroatoms. The first kappa shape index (κ1) is 9.43. The van der Waals surface area contributed by atoms with Crippen molar-refractivity contribution in [2.45, 2.75) is 0 Å². The van der Waals surface area contributed by atoms with E-state index in [0.29, 0.717) is 5.75 Å². The monoisotopic (exact) mass is 253 g/mol. The molecule has 0 aliphatic carbocycles. The molecular formula is C10H8BrNO2. The summed E-state index contributed by atoms with van der Waals surface area (Å²) in [4.78, 5) is 4.22. The molecule has 0 unspecified atom stereocenters. The second-order valence-corrected chi connectivity index (χ2v) is 3.61. The van der Waals surface area contributed by atoms with Gasteiger partial charge < -0.3 is 9.84 Å². The molecule has 0 fully saturated rings. The molecule has 0 aliphatic rings. The minimum absolute atomic E-state index is 0.321. The summed E-state index contributed by atoms with van der Waals surface area (Å²) in [7, 11) is 0. The third-order valence-corrected chi connectivity index (χ3v) is 2.47. The molecule has 3 nitrogen and oxygen atoms in total. The zero-order valence-corrected chi connectivity index (χ0v) is 8.86. The number of benzene rings is 1. The number of hydrogen-bond acceptors (Lipinski definition) is 3. The fourth-order valence-corrected chi connectivity index (χ4v) is 1.84. The summed E-state index contributed by atoms with van der Waals surface area (Å²) < 4.78 is 5.85. The lowest BCUT2D eigenvalue weighted by Gasteiger charge is -2.05. The van der Waals surface area contributed by atoms with Crippen LogP contribution in [0.1, 0.15) is 0 Å². The second kappa shape index (κ2) is 3.94. The number of rotatable bonds is 2. The molecule has 0 atom stereocenters. The zero-order valence-electron chi connectivity index (χ0n) is 7.27. The summed E-state index contributed by atoms with van der Waals surface area (Å²) >= 11 is 3.39. The highest BCUT2D eigenvalue weighted by Crippen LogP contribution is 2.27. The molecule has 0 amide bonds. The molecule has 0 radical (unpaired) electrons. The Labute approximate surface area is 89.5 Å². The molecule has 2 aromatic rings. The Morgan fingerprint density at radius 3 is 3.07 bits per heavy atom. The number of aliphatic hydroxyl groups excluding tert-OH is 1. The van der Waals surface area contributed by atoms with Gasteiger partial charge in [0.05, 0.1) is 5.52 Å². The topological polar surface area (TPSA) is 42.4 Å². The van der Waals surface area contributed by atoms with Crippen LogP contribution in [0.15, 0.2) is 34.9 Å². The van der Waals surface area contributed by atoms with Gasteiger partial charge >= 0.3 is 0 Å². The summed E-state index contributed by atoms with van der Waals surface area (Å²) in [5, 5.41) is 9.61. The van der Waals surface area contributed by atoms with Crippen molar-refractivity contribution < 1.29 is 9.84 Å². The van der Waals surface area contributed by atoms with Gasteiger partial charge in [-0.15, -0.1) is 0 Å². The number of aromatic nitrogens is 1. The molecular weight excluding hydrogens is 246 g/mol. The molecule has 1 aromatic heterocycles. The van der Waals surface area contributed by atoms with Gasteiger partial charge in [0.15, 0.2) is 6.79 Å². The number of fused-ring (bicyclic) bond motifs is 1. The summed E-state index contributed by atoms with van der Waals surface area (Å²) in [5.41, 5.74) is 0.887. The first-order chi connectivity index (χ1) is 6.81. The summed E-state index contributed by atoms with van der Waals surface area (Å²) in [6.45, 7) is -0.321. The number of aliphatic hydroxyl groups is 1. The van der Waals surface area contributed by atoms with E-state index in [1.165, 1.54) is 0 Å². The highest BCUT2D eigenvalue weighted by molar-refractivity contribution is 9.10. The highest BCUT2D eigenvalue weighted by Gasteiger charge is 2.02. The van der Waals surface area contributed by atoms with Gasteiger partial charge in [0, 0.05) is 16.1 Å². The molecule has 0 bridgehead atoms. The van der Waals surface area contributed by atoms with Crippen molar-refractivity contribution in [3.05, 3.63) is 34.9 Å². The lowest BCUT2D eigenvalue weighted by atomic mass is 10.2. The van der Waals surface area contributed by atoms with Crippen molar-refractivity contribution in [1.82, 2.24) is 4.98 Å². The molecule has 0 saturated carbocycles. The van der Waals surface area contributed by atoms with Crippen LogP contribution in [0.3, 0.4) is 0 Å². The van der Waals surface area contributed by atoms with Crippen LogP contribution in [0.2, 0.25) is 0 Å². The summed E-state index contributed by atoms with van der Waals surface area (Å²) in [5.74, 6) is 0.625. The maximum absolute atomic E-state index is 8.63. The number of pyridine rings is 1. The quantitative estimate of drug-likeness (QED) is 0.836. The normalized spacial score (nSPS) is 10.4. The van der Waals surface area contributed by atoms with Crippen LogP contribution < -0.4 is 4.74 Å². The predicted molar refractivity (Wildman–Crippen MR) is 57.2 cm³/mol. The van der Waals surface area contributed by atoms with E-state index < -0.39 is 0 Å². The Bertz CT molecular complexity index is 459. The molecule has 14 heavy (non-hydrogen) atoms. The largest absolute Gasteiger partial charge is 0.468 e. The van der Waals surface area contributed by atoms with Gasteiger partial charge in [-0.25, -0.2) is 0 Å². The number of ether oxygens (including phenoxy) is 1. The molecule has 1 N–H and O–H groups in total. The molecule has 0 spiro atoms. The molecule has 0 aliphatic heterocycles. The van der Waals surface area contributed by atoms with Crippen molar-refractivity contribution in [3.8, 4) is 5.75 Å². The van der Waals surface area contributed by atoms with E-state index in [2.05, 4.69) is 20.9 Å². The Kier molecular flexibility index (Phi) is 2.65. The second-order valence-electron chi connectivity index (χ2n) is 2.75. The van der Waals surface area contributed by atoms with Crippen molar-refractivity contribution in [1.29, 1.82) is 0 Å². The Morgan fingerprint density at radius 2 is 2.29 bits per heavy atom. The number of hydrogen-bond donors (Lipinski definition) is 1. The highest BCUT2D eigenvalue weighted by atomic mass is 79.9. The van der Waals surface area contributed by atoms with E-state index in [4.69, 9.17) is 9.84 Å². The van der Waals surface area contributed by atoms with Crippen molar-refractivity contribution in [3.63, 3.8) is 0 Å². The fourth-order valence-electron chi connectivity index (χ4n) is 1.28. The van der Waals surface area contributed by atoms with Crippen LogP contribution in [0.5, 0.6) is 5.75 Å². The van der Waals surface area contributed by atoms with Gasteiger partial charge in [0.1, 0.15) is 5.75 Å². The van der Waals surface area contributed by atoms with E-state index in [0.717, 1.165) is 15.4 Å². The number of halogens is 1. The zero-order chi connectivity index (χ0) is 9.97. The first-order valence-corrected chi connectivity index (χ1v) is 4.88. The third kappa shape index (κ3) is 1.71. The van der Waals surface area contributed by atoms with Gasteiger partial charge in [0.2, 0.25) is 0 Å². The average molecular weight is 254 g/mol. The van der Waals surface area contributed by atoms with E-state index in [1.807, 2.05) is 18.2 Å². The van der Waals surface area contributed by atoms with E-state index >= 15 is 0 Å². The molecule has 2 rings (SSSR count). The lowest BCUT2D eigenvalue weighted by molar-refractivity contribution is 0.0986. The average Bonchev–Trinajstić information content (AvgIpc) is 2.18. The van der Waals surface area contributed by atoms with Gasteiger partial charge in [-0.3, -0.25) is 4.98 Å². The fraction of sp³-hybridized carbons (Fsp3) is 0.100. The van der Waals surface area contributed by atoms with Crippen LogP contribution in [0.4, 0.5) is 0 Å². The van der Waals surface area contributed by atoms with Gasteiger partial charge in [-0.05, 0) is 34.1 Å². The summed E-state index contributed by atoms with van der Waals surface area (Å²) in [6.07, 6.45) is 1.74. The smallest absolute Gasteiger partial charge is 0.186 e. The Morgan fingerprint density at radius 1 is 1.43 bits per heavy atom. The molecule has 0 saturated heterocycles. The van der Waals surface area contributed by atoms with Crippen molar-refractivity contribution in [2.24, 2.45) is 0 Å². The maximum Gasteiger partial charge on any atom is 0.186 e. The molecule has 72 valence electrons. The molecule has 1 heterocycles. The van der Waals surface area contributed by atoms with Crippen LogP contribution in [0, 0.1) is 0 Å². The standard InChI is InChI=1S/C10H8BrNO2/c11-9-5-8(14-6-13)4-7-2-1-3-12-10(7)9/h1-5,13H,6H2. The van der Waals surface area contributed by atoms with E-state index in [9.17, 15) is 0 Å². The Balaban J connectivity index is 2.60. The molecule has 1 aromatic carbocycles. The maximum atomic E-state index is 8.63. The predicted octanol–water partition coefficient (Wildman–Crippen LogP) is 2.33. The number of nitrogens with zero attached hydrogens (tertiary/aromatic N) is 1. The SMILES string of the molecule is OCOc1cc(Br)c2ncccc2c1. The van der Waals surface area contributed by atoms with Crippen molar-refractivity contribution in [2.75, 3.05) is 6.79 Å². The van der Waals surface area contributed by atoms with Crippen LogP contribution >= 0.6 is 15.9 Å². The Hall–Kier alpha value is -1.13. The van der Waals surface area contributed by atoms with Crippen molar-refractivity contribution >= 4 is 26.8 Å². The van der Waals surface area contributed by atoms with E-state index in [-0.39, 0.29) is 6.79 Å². The minimum Gasteiger partial charge on any atom is -0.468 e. The van der Waals surface area contributed by atoms with Crippen LogP contribution in [-0.4, -0.2) is 16.9 Å². The van der Waals surface area contributed by atoms with Gasteiger partial charge in [-0.2, -0.15) is 0 Å². The summed E-state index contributed by atoms with van der Waals surface area (Å²) in [6, 6.07) is 7.42. The third-order valence-electron chi connectivity index (χ3n) is 1.86. The van der Waals surface area contributed by atoms with Gasteiger partial charge in [-0.1, -0.05) is 6.07 Å². The van der Waals surface area contributed by atoms with Crippen LogP contribution in [-0.2, 0) is 0 Å². The first-order valence-electron chi connectivity index (χ1n) is 4.09. The van der Waals surface area contributed by atoms with E-state index in [1.54, 1.807) is 12.3 Å².